The lowest BCUT2D eigenvalue weighted by molar-refractivity contribution is -0.148. The number of hydrogen-bond acceptors (Lipinski definition) is 13. The maximum absolute atomic E-state index is 14.5. The SMILES string of the molecule is CC[C@H](C)[C@@H]([C@@H](CC(=O)N1CCC[C@H]1[C@H](OC)[C@@H](C)C(=O)N[C@H](C)[C@@H](OC(=O)c1ccc(C(C)=NNC(=O)CCCCCN2C(=O)C=CC2=O)cc1)c1ccccc1)OC)N(C)C(=O)[C@@H](NC(=O)[C@H](C(C)C)N(C)C)C(C)C. The molecule has 19 heteroatoms. The van der Waals surface area contributed by atoms with Crippen LogP contribution in [-0.4, -0.2) is 164 Å². The van der Waals surface area contributed by atoms with Crippen molar-refractivity contribution in [3.63, 3.8) is 0 Å². The smallest absolute Gasteiger partial charge is 0.338 e. The molecule has 1 saturated heterocycles. The number of hydrazone groups is 1. The first-order chi connectivity index (χ1) is 37.0. The number of ether oxygens (including phenoxy) is 3. The van der Waals surface area contributed by atoms with Gasteiger partial charge >= 0.3 is 5.97 Å². The summed E-state index contributed by atoms with van der Waals surface area (Å²) in [5.41, 5.74) is 4.66. The fourth-order valence-electron chi connectivity index (χ4n) is 10.6. The number of imide groups is 1. The second-order valence-corrected chi connectivity index (χ2v) is 21.8. The van der Waals surface area contributed by atoms with Gasteiger partial charge in [-0.05, 0) is 94.6 Å². The van der Waals surface area contributed by atoms with E-state index < -0.39 is 60.4 Å². The standard InChI is InChI=1S/C59H88N8O11/c1-15-38(6)53(65(12)58(74)51(36(2)3)61-57(73)52(37(4)5)64(10)11)46(76-13)35-50(71)66-34-22-25-45(66)54(77-14)39(7)56(72)60-41(9)55(43-23-18-16-19-24-43)78-59(75)44-29-27-42(28-30-44)40(8)62-63-47(68)26-20-17-21-33-67-48(69)31-32-49(67)70/h16,18-19,23-24,27-32,36-39,41,45-46,51-55H,15,17,20-22,25-26,33-35H2,1-14H3,(H,60,72)(H,61,73)(H,63,68)/t38-,39+,41+,45-,46+,51-,52-,53-,54+,55+/m0/s1. The topological polar surface area (TPSA) is 226 Å². The Bertz CT molecular complexity index is 2380. The van der Waals surface area contributed by atoms with Crippen LogP contribution in [0.2, 0.25) is 0 Å². The molecule has 2 heterocycles. The number of hydrogen-bond donors (Lipinski definition) is 3. The van der Waals surface area contributed by atoms with Crippen molar-refractivity contribution in [2.45, 2.75) is 162 Å². The van der Waals surface area contributed by atoms with Crippen molar-refractivity contribution in [2.75, 3.05) is 48.5 Å². The summed E-state index contributed by atoms with van der Waals surface area (Å²) >= 11 is 0. The first-order valence-corrected chi connectivity index (χ1v) is 27.6. The third-order valence-corrected chi connectivity index (χ3v) is 15.2. The first kappa shape index (κ1) is 64.2. The van der Waals surface area contributed by atoms with Crippen LogP contribution in [-0.2, 0) is 47.8 Å². The molecule has 430 valence electrons. The fraction of sp³-hybridized carbons (Fsp3) is 0.610. The predicted molar refractivity (Wildman–Crippen MR) is 299 cm³/mol. The number of unbranched alkanes of at least 4 members (excludes halogenated alkanes) is 2. The highest BCUT2D eigenvalue weighted by atomic mass is 16.5. The molecule has 10 atom stereocenters. The number of nitrogens with one attached hydrogen (secondary N) is 3. The van der Waals surface area contributed by atoms with Crippen molar-refractivity contribution >= 4 is 53.0 Å². The van der Waals surface area contributed by atoms with Crippen LogP contribution in [0.1, 0.15) is 141 Å². The van der Waals surface area contributed by atoms with Gasteiger partial charge in [0.1, 0.15) is 12.1 Å². The summed E-state index contributed by atoms with van der Waals surface area (Å²) in [6.07, 6.45) is 4.21. The molecular formula is C59H88N8O11. The summed E-state index contributed by atoms with van der Waals surface area (Å²) < 4.78 is 18.3. The molecule has 2 aromatic carbocycles. The van der Waals surface area contributed by atoms with Crippen LogP contribution in [0.4, 0.5) is 0 Å². The van der Waals surface area contributed by atoms with Crippen LogP contribution in [0, 0.1) is 23.7 Å². The van der Waals surface area contributed by atoms with Gasteiger partial charge in [-0.3, -0.25) is 43.4 Å². The Morgan fingerprint density at radius 2 is 1.41 bits per heavy atom. The maximum atomic E-state index is 14.5. The molecule has 2 aliphatic rings. The number of amides is 7. The van der Waals surface area contributed by atoms with Gasteiger partial charge < -0.3 is 34.6 Å². The zero-order valence-corrected chi connectivity index (χ0v) is 48.6. The second kappa shape index (κ2) is 30.7. The summed E-state index contributed by atoms with van der Waals surface area (Å²) in [6.45, 7) is 17.8. The van der Waals surface area contributed by atoms with Gasteiger partial charge in [0.25, 0.3) is 11.8 Å². The molecule has 0 saturated carbocycles. The van der Waals surface area contributed by atoms with E-state index in [2.05, 4.69) is 21.2 Å². The van der Waals surface area contributed by atoms with Crippen LogP contribution in [0.15, 0.2) is 71.9 Å². The monoisotopic (exact) mass is 1080 g/mol. The molecule has 3 N–H and O–H groups in total. The maximum Gasteiger partial charge on any atom is 0.338 e. The minimum Gasteiger partial charge on any atom is -0.452 e. The molecule has 0 aromatic heterocycles. The lowest BCUT2D eigenvalue weighted by Gasteiger charge is -2.41. The Balaban J connectivity index is 1.40. The molecule has 4 rings (SSSR count). The third-order valence-electron chi connectivity index (χ3n) is 15.2. The van der Waals surface area contributed by atoms with Gasteiger partial charge in [0.15, 0.2) is 0 Å². The quantitative estimate of drug-likeness (QED) is 0.0267. The summed E-state index contributed by atoms with van der Waals surface area (Å²) in [6, 6.07) is 12.8. The lowest BCUT2D eigenvalue weighted by Crippen LogP contribution is -2.59. The molecule has 1 fully saturated rings. The number of likely N-dealkylation sites (tertiary alicyclic amines) is 1. The van der Waals surface area contributed by atoms with Crippen molar-refractivity contribution in [3.05, 3.63) is 83.4 Å². The summed E-state index contributed by atoms with van der Waals surface area (Å²) in [4.78, 5) is 113. The van der Waals surface area contributed by atoms with Gasteiger partial charge in [0.2, 0.25) is 29.5 Å². The van der Waals surface area contributed by atoms with Gasteiger partial charge in [-0.25, -0.2) is 10.2 Å². The van der Waals surface area contributed by atoms with Crippen molar-refractivity contribution in [1.29, 1.82) is 0 Å². The molecule has 0 bridgehead atoms. The highest BCUT2D eigenvalue weighted by Gasteiger charge is 2.44. The highest BCUT2D eigenvalue weighted by Crippen LogP contribution is 2.31. The van der Waals surface area contributed by atoms with Crippen LogP contribution >= 0.6 is 0 Å². The molecule has 0 unspecified atom stereocenters. The zero-order valence-electron chi connectivity index (χ0n) is 48.6. The highest BCUT2D eigenvalue weighted by molar-refractivity contribution is 6.12. The normalized spacial score (nSPS) is 18.3. The van der Waals surface area contributed by atoms with Gasteiger partial charge in [0.05, 0.1) is 60.0 Å². The minimum atomic E-state index is -0.891. The van der Waals surface area contributed by atoms with Crippen molar-refractivity contribution in [2.24, 2.45) is 28.8 Å². The molecule has 78 heavy (non-hydrogen) atoms. The van der Waals surface area contributed by atoms with Gasteiger partial charge in [-0.15, -0.1) is 0 Å². The van der Waals surface area contributed by atoms with Crippen molar-refractivity contribution in [1.82, 2.24) is 35.7 Å². The van der Waals surface area contributed by atoms with Gasteiger partial charge in [-0.1, -0.05) is 104 Å². The Kier molecular flexibility index (Phi) is 25.3. The Morgan fingerprint density at radius 1 is 0.782 bits per heavy atom. The number of benzene rings is 2. The Morgan fingerprint density at radius 3 is 1.97 bits per heavy atom. The summed E-state index contributed by atoms with van der Waals surface area (Å²) in [7, 11) is 8.48. The third kappa shape index (κ3) is 17.3. The number of likely N-dealkylation sites (N-methyl/N-ethyl adjacent to an activating group) is 2. The summed E-state index contributed by atoms with van der Waals surface area (Å²) in [5, 5.41) is 10.3. The van der Waals surface area contributed by atoms with Crippen molar-refractivity contribution in [3.8, 4) is 0 Å². The number of methoxy groups -OCH3 is 2. The fourth-order valence-corrected chi connectivity index (χ4v) is 10.6. The van der Waals surface area contributed by atoms with Gasteiger partial charge in [0, 0.05) is 52.9 Å². The van der Waals surface area contributed by atoms with E-state index in [0.717, 1.165) is 0 Å². The Hall–Kier alpha value is -6.31. The van der Waals surface area contributed by atoms with Crippen LogP contribution in [0.5, 0.6) is 0 Å². The Labute approximate surface area is 462 Å². The average molecular weight is 1090 g/mol. The van der Waals surface area contributed by atoms with Crippen LogP contribution in [0.25, 0.3) is 0 Å². The lowest BCUT2D eigenvalue weighted by atomic mass is 9.89. The van der Waals surface area contributed by atoms with Crippen molar-refractivity contribution < 1.29 is 52.6 Å². The van der Waals surface area contributed by atoms with E-state index in [0.29, 0.717) is 68.5 Å². The van der Waals surface area contributed by atoms with E-state index in [9.17, 15) is 38.4 Å². The van der Waals surface area contributed by atoms with E-state index in [1.165, 1.54) is 24.2 Å². The molecule has 7 amide bonds. The summed E-state index contributed by atoms with van der Waals surface area (Å²) in [5.74, 6) is -3.59. The number of nitrogens with zero attached hydrogens (tertiary/aromatic N) is 5. The zero-order chi connectivity index (χ0) is 58.0. The molecular weight excluding hydrogens is 997 g/mol. The first-order valence-electron chi connectivity index (χ1n) is 27.6. The molecule has 19 nitrogen and oxygen atoms in total. The molecule has 0 aliphatic carbocycles. The largest absolute Gasteiger partial charge is 0.452 e. The van der Waals surface area contributed by atoms with E-state index in [1.807, 2.05) is 90.9 Å². The molecule has 2 aromatic rings. The van der Waals surface area contributed by atoms with Gasteiger partial charge in [-0.2, -0.15) is 5.10 Å². The number of esters is 1. The van der Waals surface area contributed by atoms with E-state index in [-0.39, 0.29) is 77.5 Å². The van der Waals surface area contributed by atoms with E-state index in [1.54, 1.807) is 69.0 Å². The van der Waals surface area contributed by atoms with E-state index >= 15 is 0 Å². The van der Waals surface area contributed by atoms with Crippen LogP contribution < -0.4 is 16.1 Å². The number of carbonyl (C=O) groups is 8. The average Bonchev–Trinajstić information content (AvgIpc) is 4.03. The van der Waals surface area contributed by atoms with Crippen LogP contribution in [0.3, 0.4) is 0 Å². The number of rotatable bonds is 30. The number of carbonyl (C=O) groups excluding carboxylic acids is 8. The molecule has 0 radical (unpaired) electrons. The minimum absolute atomic E-state index is 0.0138. The molecule has 2 aliphatic heterocycles. The second-order valence-electron chi connectivity index (χ2n) is 21.8. The van der Waals surface area contributed by atoms with E-state index in [4.69, 9.17) is 14.2 Å². The molecule has 0 spiro atoms. The predicted octanol–water partition coefficient (Wildman–Crippen LogP) is 6.06.